The first-order valence-electron chi connectivity index (χ1n) is 10.1. The molecule has 2 aliphatic heterocycles. The standard InChI is InChI=1S/C21H34N2O4/c1-13-7-6-9-20(5)16(27-20)17-21(22,10-8-13)11-15(18(25)26-17)12-23-19(3,4)14(2)24/h7,15-17,23H,6,8-12,22H2,1-5H3/b13-7+. The van der Waals surface area contributed by atoms with Crippen molar-refractivity contribution in [3.63, 3.8) is 0 Å². The zero-order valence-corrected chi connectivity index (χ0v) is 17.3. The van der Waals surface area contributed by atoms with E-state index in [0.717, 1.165) is 25.7 Å². The molecule has 0 saturated carbocycles. The van der Waals surface area contributed by atoms with Gasteiger partial charge in [0.2, 0.25) is 0 Å². The van der Waals surface area contributed by atoms with Gasteiger partial charge < -0.3 is 20.5 Å². The molecule has 152 valence electrons. The number of epoxide rings is 1. The summed E-state index contributed by atoms with van der Waals surface area (Å²) >= 11 is 0. The fraction of sp³-hybridized carbons (Fsp3) is 0.810. The van der Waals surface area contributed by atoms with Crippen LogP contribution < -0.4 is 11.1 Å². The lowest BCUT2D eigenvalue weighted by Gasteiger charge is -2.44. The third-order valence-corrected chi connectivity index (χ3v) is 6.77. The summed E-state index contributed by atoms with van der Waals surface area (Å²) in [6.45, 7) is 9.80. The van der Waals surface area contributed by atoms with Crippen molar-refractivity contribution in [2.45, 2.75) is 95.6 Å². The molecule has 6 heteroatoms. The molecule has 0 spiro atoms. The minimum Gasteiger partial charge on any atom is -0.457 e. The number of ketones is 1. The number of carbonyl (C=O) groups is 2. The summed E-state index contributed by atoms with van der Waals surface area (Å²) in [4.78, 5) is 24.5. The Morgan fingerprint density at radius 3 is 2.74 bits per heavy atom. The van der Waals surface area contributed by atoms with Gasteiger partial charge in [0.15, 0.2) is 0 Å². The summed E-state index contributed by atoms with van der Waals surface area (Å²) in [5.74, 6) is -0.564. The second-order valence-corrected chi connectivity index (χ2v) is 9.49. The van der Waals surface area contributed by atoms with E-state index >= 15 is 0 Å². The quantitative estimate of drug-likeness (QED) is 0.443. The van der Waals surface area contributed by atoms with Gasteiger partial charge in [-0.1, -0.05) is 11.6 Å². The van der Waals surface area contributed by atoms with E-state index in [-0.39, 0.29) is 29.4 Å². The predicted molar refractivity (Wildman–Crippen MR) is 103 cm³/mol. The molecule has 0 aromatic rings. The molecule has 1 aliphatic carbocycles. The predicted octanol–water partition coefficient (Wildman–Crippen LogP) is 2.25. The van der Waals surface area contributed by atoms with Gasteiger partial charge in [-0.15, -0.1) is 0 Å². The topological polar surface area (TPSA) is 94.0 Å². The van der Waals surface area contributed by atoms with Crippen LogP contribution in [0.5, 0.6) is 0 Å². The van der Waals surface area contributed by atoms with Gasteiger partial charge in [-0.25, -0.2) is 0 Å². The maximum atomic E-state index is 12.7. The summed E-state index contributed by atoms with van der Waals surface area (Å²) in [6, 6.07) is 0. The Morgan fingerprint density at radius 1 is 1.37 bits per heavy atom. The van der Waals surface area contributed by atoms with E-state index in [1.54, 1.807) is 6.92 Å². The molecule has 2 saturated heterocycles. The second-order valence-electron chi connectivity index (χ2n) is 9.49. The molecule has 6 nitrogen and oxygen atoms in total. The molecule has 3 aliphatic rings. The largest absolute Gasteiger partial charge is 0.457 e. The van der Waals surface area contributed by atoms with E-state index in [9.17, 15) is 9.59 Å². The van der Waals surface area contributed by atoms with Crippen molar-refractivity contribution in [1.29, 1.82) is 0 Å². The number of nitrogens with one attached hydrogen (secondary N) is 1. The summed E-state index contributed by atoms with van der Waals surface area (Å²) < 4.78 is 11.9. The van der Waals surface area contributed by atoms with Crippen molar-refractivity contribution in [3.8, 4) is 0 Å². The molecule has 0 bridgehead atoms. The van der Waals surface area contributed by atoms with Crippen LogP contribution in [0, 0.1) is 5.92 Å². The Morgan fingerprint density at radius 2 is 2.07 bits per heavy atom. The maximum absolute atomic E-state index is 12.7. The first kappa shape index (κ1) is 20.5. The van der Waals surface area contributed by atoms with Crippen molar-refractivity contribution in [2.75, 3.05) is 6.54 Å². The molecule has 3 N–H and O–H groups in total. The highest BCUT2D eigenvalue weighted by molar-refractivity contribution is 5.85. The molecular formula is C21H34N2O4. The van der Waals surface area contributed by atoms with Crippen molar-refractivity contribution in [1.82, 2.24) is 5.32 Å². The SMILES string of the molecule is CC(=O)C(C)(C)NCC1CC2(N)CC/C(C)=C/CCC3(C)OC3C2OC1=O. The number of Topliss-reactive ketones (excluding diaryl/α,β-unsaturated/α-hetero) is 1. The minimum atomic E-state index is -0.674. The smallest absolute Gasteiger partial charge is 0.310 e. The van der Waals surface area contributed by atoms with Gasteiger partial charge in [-0.2, -0.15) is 0 Å². The highest BCUT2D eigenvalue weighted by atomic mass is 16.6. The van der Waals surface area contributed by atoms with E-state index < -0.39 is 17.2 Å². The van der Waals surface area contributed by atoms with Gasteiger partial charge in [0.05, 0.1) is 22.6 Å². The third kappa shape index (κ3) is 4.13. The molecule has 0 aromatic carbocycles. The van der Waals surface area contributed by atoms with Crippen LogP contribution >= 0.6 is 0 Å². The van der Waals surface area contributed by atoms with Gasteiger partial charge >= 0.3 is 5.97 Å². The number of rotatable bonds is 4. The Labute approximate surface area is 162 Å². The van der Waals surface area contributed by atoms with Crippen molar-refractivity contribution >= 4 is 11.8 Å². The van der Waals surface area contributed by atoms with Crippen LogP contribution in [-0.2, 0) is 19.1 Å². The second kappa shape index (κ2) is 6.98. The molecule has 5 unspecified atom stereocenters. The lowest BCUT2D eigenvalue weighted by Crippen LogP contribution is -2.63. The molecular weight excluding hydrogens is 344 g/mol. The summed E-state index contributed by atoms with van der Waals surface area (Å²) in [5, 5.41) is 3.21. The van der Waals surface area contributed by atoms with Crippen LogP contribution in [0.3, 0.4) is 0 Å². The van der Waals surface area contributed by atoms with Gasteiger partial charge in [-0.3, -0.25) is 9.59 Å². The van der Waals surface area contributed by atoms with E-state index in [4.69, 9.17) is 15.2 Å². The number of esters is 1. The average molecular weight is 379 g/mol. The number of ether oxygens (including phenoxy) is 2. The maximum Gasteiger partial charge on any atom is 0.310 e. The molecule has 0 radical (unpaired) electrons. The fourth-order valence-corrected chi connectivity index (χ4v) is 4.24. The van der Waals surface area contributed by atoms with E-state index in [1.165, 1.54) is 5.57 Å². The van der Waals surface area contributed by atoms with Gasteiger partial charge in [0, 0.05) is 6.54 Å². The highest BCUT2D eigenvalue weighted by Gasteiger charge is 2.63. The molecule has 0 amide bonds. The number of fused-ring (bicyclic) bond motifs is 3. The van der Waals surface area contributed by atoms with Crippen LogP contribution in [0.25, 0.3) is 0 Å². The molecule has 3 rings (SSSR count). The molecule has 2 heterocycles. The Bertz CT molecular complexity index is 659. The van der Waals surface area contributed by atoms with Crippen LogP contribution in [-0.4, -0.2) is 47.2 Å². The lowest BCUT2D eigenvalue weighted by molar-refractivity contribution is -0.170. The van der Waals surface area contributed by atoms with Crippen molar-refractivity contribution < 1.29 is 19.1 Å². The minimum absolute atomic E-state index is 0.0358. The lowest BCUT2D eigenvalue weighted by atomic mass is 9.73. The van der Waals surface area contributed by atoms with Crippen LogP contribution in [0.2, 0.25) is 0 Å². The number of hydrogen-bond acceptors (Lipinski definition) is 6. The van der Waals surface area contributed by atoms with Gasteiger partial charge in [0.25, 0.3) is 0 Å². The monoisotopic (exact) mass is 378 g/mol. The van der Waals surface area contributed by atoms with E-state index in [2.05, 4.69) is 25.2 Å². The first-order chi connectivity index (χ1) is 12.5. The summed E-state index contributed by atoms with van der Waals surface area (Å²) in [5.41, 5.74) is 6.64. The Hall–Kier alpha value is -1.24. The van der Waals surface area contributed by atoms with Gasteiger partial charge in [-0.05, 0) is 66.7 Å². The van der Waals surface area contributed by atoms with Crippen molar-refractivity contribution in [3.05, 3.63) is 11.6 Å². The fourth-order valence-electron chi connectivity index (χ4n) is 4.24. The first-order valence-corrected chi connectivity index (χ1v) is 10.1. The normalized spacial score (nSPS) is 41.5. The molecule has 2 fully saturated rings. The zero-order valence-electron chi connectivity index (χ0n) is 17.3. The molecule has 27 heavy (non-hydrogen) atoms. The summed E-state index contributed by atoms with van der Waals surface area (Å²) in [7, 11) is 0. The third-order valence-electron chi connectivity index (χ3n) is 6.77. The molecule has 5 atom stereocenters. The Balaban J connectivity index is 1.77. The van der Waals surface area contributed by atoms with Crippen LogP contribution in [0.15, 0.2) is 11.6 Å². The highest BCUT2D eigenvalue weighted by Crippen LogP contribution is 2.49. The van der Waals surface area contributed by atoms with E-state index in [1.807, 2.05) is 13.8 Å². The van der Waals surface area contributed by atoms with Crippen LogP contribution in [0.4, 0.5) is 0 Å². The molecule has 0 aromatic heterocycles. The van der Waals surface area contributed by atoms with Gasteiger partial charge in [0.1, 0.15) is 18.0 Å². The van der Waals surface area contributed by atoms with Crippen molar-refractivity contribution in [2.24, 2.45) is 11.7 Å². The van der Waals surface area contributed by atoms with Crippen LogP contribution in [0.1, 0.15) is 66.7 Å². The number of carbonyl (C=O) groups excluding carboxylic acids is 2. The number of hydrogen-bond donors (Lipinski definition) is 2. The number of nitrogens with two attached hydrogens (primary N) is 1. The summed E-state index contributed by atoms with van der Waals surface area (Å²) in [6.07, 6.45) is 5.83. The van der Waals surface area contributed by atoms with E-state index in [0.29, 0.717) is 13.0 Å². The average Bonchev–Trinajstić information content (AvgIpc) is 3.24. The zero-order chi connectivity index (χ0) is 20.0. The Kier molecular flexibility index (Phi) is 5.30. The number of allylic oxidation sites excluding steroid dienone is 2.